The fourth-order valence-corrected chi connectivity index (χ4v) is 2.95. The highest BCUT2D eigenvalue weighted by Gasteiger charge is 2.12. The van der Waals surface area contributed by atoms with Crippen molar-refractivity contribution in [2.45, 2.75) is 6.54 Å². The molecule has 2 heterocycles. The first kappa shape index (κ1) is 18.5. The van der Waals surface area contributed by atoms with Crippen molar-refractivity contribution in [2.75, 3.05) is 21.3 Å². The van der Waals surface area contributed by atoms with Gasteiger partial charge in [0.25, 0.3) is 0 Å². The molecule has 2 aromatic heterocycles. The van der Waals surface area contributed by atoms with Crippen LogP contribution in [0.15, 0.2) is 59.3 Å². The number of methoxy groups -OCH3 is 3. The molecule has 0 unspecified atom stereocenters. The smallest absolute Gasteiger partial charge is 0.161 e. The van der Waals surface area contributed by atoms with Crippen molar-refractivity contribution in [3.8, 4) is 39.8 Å². The molecular weight excluding hydrogens is 372 g/mol. The van der Waals surface area contributed by atoms with Crippen LogP contribution in [0.1, 0.15) is 5.76 Å². The maximum Gasteiger partial charge on any atom is 0.161 e. The third kappa shape index (κ3) is 3.91. The third-order valence-electron chi connectivity index (χ3n) is 4.48. The van der Waals surface area contributed by atoms with Crippen LogP contribution in [0.4, 0.5) is 0 Å². The van der Waals surface area contributed by atoms with Gasteiger partial charge in [-0.3, -0.25) is 0 Å². The summed E-state index contributed by atoms with van der Waals surface area (Å²) in [6, 6.07) is 15.1. The Labute approximate surface area is 167 Å². The number of hydrogen-bond donors (Lipinski definition) is 0. The molecule has 0 aliphatic rings. The Morgan fingerprint density at radius 3 is 2.31 bits per heavy atom. The summed E-state index contributed by atoms with van der Waals surface area (Å²) in [5.41, 5.74) is 3.31. The number of benzene rings is 2. The first-order valence-electron chi connectivity index (χ1n) is 8.92. The van der Waals surface area contributed by atoms with Gasteiger partial charge in [0.15, 0.2) is 17.3 Å². The van der Waals surface area contributed by atoms with Gasteiger partial charge >= 0.3 is 0 Å². The standard InChI is InChI=1S/C21H20N4O4/c1-26-16-7-4-14(5-8-16)19-13-25(24-22-19)12-17-11-18(23-29-17)15-6-9-20(27-2)21(10-15)28-3/h4-11,13H,12H2,1-3H3. The fraction of sp³-hybridized carbons (Fsp3) is 0.190. The Hall–Kier alpha value is -3.81. The van der Waals surface area contributed by atoms with Crippen LogP contribution in [0.3, 0.4) is 0 Å². The van der Waals surface area contributed by atoms with Gasteiger partial charge < -0.3 is 18.7 Å². The first-order chi connectivity index (χ1) is 14.2. The SMILES string of the molecule is COc1ccc(-c2cn(Cc3cc(-c4ccc(OC)c(OC)c4)no3)nn2)cc1. The van der Waals surface area contributed by atoms with Gasteiger partial charge in [0.05, 0.1) is 27.5 Å². The first-order valence-corrected chi connectivity index (χ1v) is 8.92. The topological polar surface area (TPSA) is 84.4 Å². The van der Waals surface area contributed by atoms with Crippen LogP contribution < -0.4 is 14.2 Å². The third-order valence-corrected chi connectivity index (χ3v) is 4.48. The monoisotopic (exact) mass is 392 g/mol. The van der Waals surface area contributed by atoms with Gasteiger partial charge in [0.1, 0.15) is 23.7 Å². The highest BCUT2D eigenvalue weighted by molar-refractivity contribution is 5.64. The number of rotatable bonds is 7. The van der Waals surface area contributed by atoms with Crippen molar-refractivity contribution in [1.29, 1.82) is 0 Å². The summed E-state index contributed by atoms with van der Waals surface area (Å²) in [4.78, 5) is 0. The van der Waals surface area contributed by atoms with E-state index in [0.717, 1.165) is 22.6 Å². The van der Waals surface area contributed by atoms with Crippen molar-refractivity contribution < 1.29 is 18.7 Å². The van der Waals surface area contributed by atoms with E-state index in [1.165, 1.54) is 0 Å². The molecule has 4 rings (SSSR count). The van der Waals surface area contributed by atoms with Crippen molar-refractivity contribution in [3.63, 3.8) is 0 Å². The molecule has 0 N–H and O–H groups in total. The van der Waals surface area contributed by atoms with Gasteiger partial charge in [-0.1, -0.05) is 10.4 Å². The van der Waals surface area contributed by atoms with Gasteiger partial charge in [-0.15, -0.1) is 5.10 Å². The molecule has 29 heavy (non-hydrogen) atoms. The van der Waals surface area contributed by atoms with E-state index < -0.39 is 0 Å². The zero-order chi connectivity index (χ0) is 20.2. The van der Waals surface area contributed by atoms with Crippen LogP contribution in [0.5, 0.6) is 17.2 Å². The van der Waals surface area contributed by atoms with Crippen LogP contribution in [0.25, 0.3) is 22.5 Å². The average Bonchev–Trinajstić information content (AvgIpc) is 3.43. The maximum atomic E-state index is 5.47. The van der Waals surface area contributed by atoms with Crippen molar-refractivity contribution >= 4 is 0 Å². The van der Waals surface area contributed by atoms with Crippen molar-refractivity contribution in [3.05, 3.63) is 60.5 Å². The number of hydrogen-bond acceptors (Lipinski definition) is 7. The van der Waals surface area contributed by atoms with E-state index in [-0.39, 0.29) is 0 Å². The molecule has 0 spiro atoms. The quantitative estimate of drug-likeness (QED) is 0.474. The molecule has 2 aromatic carbocycles. The van der Waals surface area contributed by atoms with E-state index in [1.54, 1.807) is 26.0 Å². The summed E-state index contributed by atoms with van der Waals surface area (Å²) < 4.78 is 23.0. The minimum Gasteiger partial charge on any atom is -0.497 e. The van der Waals surface area contributed by atoms with E-state index in [9.17, 15) is 0 Å². The van der Waals surface area contributed by atoms with Crippen LogP contribution in [-0.2, 0) is 6.54 Å². The second-order valence-corrected chi connectivity index (χ2v) is 6.28. The summed E-state index contributed by atoms with van der Waals surface area (Å²) in [5.74, 6) is 2.76. The van der Waals surface area contributed by atoms with Gasteiger partial charge in [0.2, 0.25) is 0 Å². The van der Waals surface area contributed by atoms with E-state index in [4.69, 9.17) is 18.7 Å². The zero-order valence-electron chi connectivity index (χ0n) is 16.3. The molecule has 0 atom stereocenters. The second-order valence-electron chi connectivity index (χ2n) is 6.28. The lowest BCUT2D eigenvalue weighted by Crippen LogP contribution is -1.98. The van der Waals surface area contributed by atoms with Gasteiger partial charge in [-0.25, -0.2) is 4.68 Å². The lowest BCUT2D eigenvalue weighted by Gasteiger charge is -2.07. The highest BCUT2D eigenvalue weighted by Crippen LogP contribution is 2.32. The second kappa shape index (κ2) is 8.05. The fourth-order valence-electron chi connectivity index (χ4n) is 2.95. The molecule has 4 aromatic rings. The zero-order valence-corrected chi connectivity index (χ0v) is 16.3. The Morgan fingerprint density at radius 2 is 1.59 bits per heavy atom. The largest absolute Gasteiger partial charge is 0.497 e. The summed E-state index contributed by atoms with van der Waals surface area (Å²) in [5, 5.41) is 12.5. The molecule has 0 bridgehead atoms. The van der Waals surface area contributed by atoms with Crippen LogP contribution in [0.2, 0.25) is 0 Å². The summed E-state index contributed by atoms with van der Waals surface area (Å²) in [7, 11) is 4.84. The van der Waals surface area contributed by atoms with Crippen molar-refractivity contribution in [2.24, 2.45) is 0 Å². The van der Waals surface area contributed by atoms with Crippen LogP contribution in [0, 0.1) is 0 Å². The Kier molecular flexibility index (Phi) is 5.15. The minimum absolute atomic E-state index is 0.420. The number of aromatic nitrogens is 4. The molecule has 0 aliphatic carbocycles. The van der Waals surface area contributed by atoms with Gasteiger partial charge in [0, 0.05) is 17.2 Å². The van der Waals surface area contributed by atoms with Gasteiger partial charge in [-0.05, 0) is 42.5 Å². The minimum atomic E-state index is 0.420. The molecule has 0 saturated heterocycles. The lowest BCUT2D eigenvalue weighted by molar-refractivity contribution is 0.355. The molecule has 0 radical (unpaired) electrons. The van der Waals surface area contributed by atoms with Crippen LogP contribution in [-0.4, -0.2) is 41.5 Å². The van der Waals surface area contributed by atoms with E-state index in [0.29, 0.717) is 29.5 Å². The Bertz CT molecular complexity index is 1100. The average molecular weight is 392 g/mol. The van der Waals surface area contributed by atoms with E-state index in [2.05, 4.69) is 15.5 Å². The van der Waals surface area contributed by atoms with E-state index in [1.807, 2.05) is 54.7 Å². The summed E-state index contributed by atoms with van der Waals surface area (Å²) in [6.07, 6.45) is 1.86. The van der Waals surface area contributed by atoms with Gasteiger partial charge in [-0.2, -0.15) is 0 Å². The lowest BCUT2D eigenvalue weighted by atomic mass is 10.1. The van der Waals surface area contributed by atoms with E-state index >= 15 is 0 Å². The van der Waals surface area contributed by atoms with Crippen molar-refractivity contribution in [1.82, 2.24) is 20.2 Å². The molecule has 0 amide bonds. The number of ether oxygens (including phenoxy) is 3. The normalized spacial score (nSPS) is 10.7. The molecule has 8 heteroatoms. The Balaban J connectivity index is 1.50. The molecule has 0 aliphatic heterocycles. The molecule has 0 fully saturated rings. The molecule has 8 nitrogen and oxygen atoms in total. The van der Waals surface area contributed by atoms with Crippen LogP contribution >= 0.6 is 0 Å². The molecular formula is C21H20N4O4. The predicted molar refractivity (Wildman–Crippen MR) is 106 cm³/mol. The predicted octanol–water partition coefficient (Wildman–Crippen LogP) is 3.67. The molecule has 148 valence electrons. The number of nitrogens with zero attached hydrogens (tertiary/aromatic N) is 4. The summed E-state index contributed by atoms with van der Waals surface area (Å²) >= 11 is 0. The Morgan fingerprint density at radius 1 is 0.828 bits per heavy atom. The maximum absolute atomic E-state index is 5.47. The molecule has 0 saturated carbocycles. The highest BCUT2D eigenvalue weighted by atomic mass is 16.5. The summed E-state index contributed by atoms with van der Waals surface area (Å²) in [6.45, 7) is 0.420.